The average Bonchev–Trinajstić information content (AvgIpc) is 2.68. The molecule has 2 saturated heterocycles. The average molecular weight is 268 g/mol. The van der Waals surface area contributed by atoms with Gasteiger partial charge in [0, 0.05) is 31.7 Å². The molecule has 108 valence electrons. The lowest BCUT2D eigenvalue weighted by molar-refractivity contribution is -0.145. The van der Waals surface area contributed by atoms with Gasteiger partial charge >= 0.3 is 6.03 Å². The van der Waals surface area contributed by atoms with Crippen LogP contribution in [0.15, 0.2) is 0 Å². The van der Waals surface area contributed by atoms with Crippen molar-refractivity contribution >= 4 is 11.9 Å². The van der Waals surface area contributed by atoms with Gasteiger partial charge in [0.15, 0.2) is 0 Å². The predicted octanol–water partition coefficient (Wildman–Crippen LogP) is -0.0141. The summed E-state index contributed by atoms with van der Waals surface area (Å²) in [5.74, 6) is 0.0685. The first kappa shape index (κ1) is 14.1. The van der Waals surface area contributed by atoms with Gasteiger partial charge in [0.1, 0.15) is 0 Å². The van der Waals surface area contributed by atoms with Crippen LogP contribution in [-0.2, 0) is 4.79 Å². The Balaban J connectivity index is 2.08. The maximum atomic E-state index is 12.7. The van der Waals surface area contributed by atoms with Gasteiger partial charge in [0.25, 0.3) is 0 Å². The molecule has 2 aliphatic heterocycles. The summed E-state index contributed by atoms with van der Waals surface area (Å²) in [6, 6.07) is 0.0809. The van der Waals surface area contributed by atoms with E-state index in [4.69, 9.17) is 5.73 Å². The highest BCUT2D eigenvalue weighted by Crippen LogP contribution is 2.31. The predicted molar refractivity (Wildman–Crippen MR) is 72.5 cm³/mol. The molecule has 2 heterocycles. The lowest BCUT2D eigenvalue weighted by Crippen LogP contribution is -2.61. The summed E-state index contributed by atoms with van der Waals surface area (Å²) in [6.45, 7) is 9.93. The molecule has 3 N–H and O–H groups in total. The minimum atomic E-state index is -0.620. The Morgan fingerprint density at radius 2 is 1.95 bits per heavy atom. The molecule has 1 unspecified atom stereocenters. The molecule has 0 spiro atoms. The molecule has 0 aromatic carbocycles. The van der Waals surface area contributed by atoms with Crippen LogP contribution in [0.1, 0.15) is 27.7 Å². The van der Waals surface area contributed by atoms with Crippen LogP contribution in [0.4, 0.5) is 4.79 Å². The molecule has 3 amide bonds. The van der Waals surface area contributed by atoms with E-state index >= 15 is 0 Å². The van der Waals surface area contributed by atoms with Crippen molar-refractivity contribution < 1.29 is 9.59 Å². The van der Waals surface area contributed by atoms with Crippen LogP contribution >= 0.6 is 0 Å². The summed E-state index contributed by atoms with van der Waals surface area (Å²) in [6.07, 6.45) is 0. The molecule has 19 heavy (non-hydrogen) atoms. The minimum Gasteiger partial charge on any atom is -0.338 e. The largest absolute Gasteiger partial charge is 0.338 e. The summed E-state index contributed by atoms with van der Waals surface area (Å²) < 4.78 is 0. The third kappa shape index (κ3) is 2.29. The molecule has 6 heteroatoms. The van der Waals surface area contributed by atoms with Crippen molar-refractivity contribution in [3.63, 3.8) is 0 Å². The number of fused-ring (bicyclic) bond motifs is 1. The van der Waals surface area contributed by atoms with E-state index in [0.717, 1.165) is 0 Å². The normalized spacial score (nSPS) is 24.3. The molecule has 0 aliphatic carbocycles. The highest BCUT2D eigenvalue weighted by Gasteiger charge is 2.45. The van der Waals surface area contributed by atoms with Gasteiger partial charge in [-0.15, -0.1) is 0 Å². The van der Waals surface area contributed by atoms with Gasteiger partial charge in [-0.05, 0) is 27.7 Å². The van der Waals surface area contributed by atoms with E-state index in [1.165, 1.54) is 0 Å². The summed E-state index contributed by atoms with van der Waals surface area (Å²) in [5, 5.41) is 2.81. The van der Waals surface area contributed by atoms with Crippen LogP contribution in [0.2, 0.25) is 0 Å². The minimum absolute atomic E-state index is 0.0180. The van der Waals surface area contributed by atoms with Crippen molar-refractivity contribution in [3.8, 4) is 0 Å². The lowest BCUT2D eigenvalue weighted by atomic mass is 9.74. The number of nitrogens with zero attached hydrogens (tertiary/aromatic N) is 2. The van der Waals surface area contributed by atoms with Gasteiger partial charge in [0.05, 0.1) is 11.5 Å². The second-order valence-electron chi connectivity index (χ2n) is 6.63. The summed E-state index contributed by atoms with van der Waals surface area (Å²) in [4.78, 5) is 27.8. The maximum absolute atomic E-state index is 12.7. The van der Waals surface area contributed by atoms with Gasteiger partial charge in [0.2, 0.25) is 5.91 Å². The Morgan fingerprint density at radius 3 is 2.53 bits per heavy atom. The Morgan fingerprint density at radius 1 is 1.32 bits per heavy atom. The topological polar surface area (TPSA) is 78.7 Å². The van der Waals surface area contributed by atoms with E-state index in [2.05, 4.69) is 5.32 Å². The van der Waals surface area contributed by atoms with E-state index in [0.29, 0.717) is 26.2 Å². The van der Waals surface area contributed by atoms with Gasteiger partial charge in [-0.1, -0.05) is 0 Å². The number of piperazine rings is 1. The van der Waals surface area contributed by atoms with Crippen LogP contribution in [0.3, 0.4) is 0 Å². The summed E-state index contributed by atoms with van der Waals surface area (Å²) >= 11 is 0. The third-order valence-corrected chi connectivity index (χ3v) is 4.67. The zero-order valence-electron chi connectivity index (χ0n) is 12.2. The van der Waals surface area contributed by atoms with Crippen molar-refractivity contribution in [2.75, 3.05) is 26.2 Å². The fourth-order valence-corrected chi connectivity index (χ4v) is 2.46. The number of carbonyl (C=O) groups is 2. The molecule has 0 radical (unpaired) electrons. The second kappa shape index (κ2) is 4.37. The number of urea groups is 1. The zero-order valence-corrected chi connectivity index (χ0v) is 12.2. The molecule has 2 rings (SSSR count). The SMILES string of the molecule is CC(C)(N)C(C)(C)C(=O)N1CCN2C(=O)NCC2C1. The molecule has 2 aliphatic rings. The quantitative estimate of drug-likeness (QED) is 0.739. The first-order valence-electron chi connectivity index (χ1n) is 6.77. The van der Waals surface area contributed by atoms with Gasteiger partial charge in [-0.25, -0.2) is 4.79 Å². The van der Waals surface area contributed by atoms with E-state index in [1.807, 2.05) is 37.5 Å². The molecule has 6 nitrogen and oxygen atoms in total. The Kier molecular flexibility index (Phi) is 3.24. The monoisotopic (exact) mass is 268 g/mol. The van der Waals surface area contributed by atoms with Crippen LogP contribution in [-0.4, -0.2) is 59.5 Å². The highest BCUT2D eigenvalue weighted by molar-refractivity contribution is 5.84. The van der Waals surface area contributed by atoms with Crippen molar-refractivity contribution in [3.05, 3.63) is 0 Å². The van der Waals surface area contributed by atoms with E-state index in [1.54, 1.807) is 0 Å². The molecular formula is C13H24N4O2. The van der Waals surface area contributed by atoms with Gasteiger partial charge in [-0.3, -0.25) is 4.79 Å². The number of hydrogen-bond donors (Lipinski definition) is 2. The lowest BCUT2D eigenvalue weighted by Gasteiger charge is -2.44. The highest BCUT2D eigenvalue weighted by atomic mass is 16.2. The summed E-state index contributed by atoms with van der Waals surface area (Å²) in [5.41, 5.74) is 4.93. The van der Waals surface area contributed by atoms with Gasteiger partial charge in [-0.2, -0.15) is 0 Å². The third-order valence-electron chi connectivity index (χ3n) is 4.67. The Hall–Kier alpha value is -1.30. The number of carbonyl (C=O) groups excluding carboxylic acids is 2. The first-order chi connectivity index (χ1) is 8.64. The second-order valence-corrected chi connectivity index (χ2v) is 6.63. The fraction of sp³-hybridized carbons (Fsp3) is 0.846. The van der Waals surface area contributed by atoms with Crippen molar-refractivity contribution in [2.24, 2.45) is 11.1 Å². The van der Waals surface area contributed by atoms with Crippen LogP contribution in [0.25, 0.3) is 0 Å². The molecule has 0 saturated carbocycles. The van der Waals surface area contributed by atoms with E-state index in [9.17, 15) is 9.59 Å². The molecule has 2 fully saturated rings. The smallest absolute Gasteiger partial charge is 0.317 e. The van der Waals surface area contributed by atoms with E-state index < -0.39 is 11.0 Å². The Bertz CT molecular complexity index is 400. The fourth-order valence-electron chi connectivity index (χ4n) is 2.46. The van der Waals surface area contributed by atoms with Gasteiger partial charge < -0.3 is 20.9 Å². The Labute approximate surface area is 114 Å². The van der Waals surface area contributed by atoms with Crippen LogP contribution in [0.5, 0.6) is 0 Å². The van der Waals surface area contributed by atoms with Crippen LogP contribution < -0.4 is 11.1 Å². The molecule has 1 atom stereocenters. The van der Waals surface area contributed by atoms with Crippen molar-refractivity contribution in [1.29, 1.82) is 0 Å². The molecule has 0 bridgehead atoms. The summed E-state index contributed by atoms with van der Waals surface area (Å²) in [7, 11) is 0. The standard InChI is InChI=1S/C13H24N4O2/c1-12(2,13(3,4)14)10(18)16-5-6-17-9(8-16)7-15-11(17)19/h9H,5-8,14H2,1-4H3,(H,15,19). The first-order valence-corrected chi connectivity index (χ1v) is 6.77. The zero-order chi connectivity index (χ0) is 14.4. The molecular weight excluding hydrogens is 244 g/mol. The van der Waals surface area contributed by atoms with Crippen molar-refractivity contribution in [2.45, 2.75) is 39.3 Å². The number of nitrogens with two attached hydrogens (primary N) is 1. The van der Waals surface area contributed by atoms with Crippen LogP contribution in [0, 0.1) is 5.41 Å². The number of rotatable bonds is 2. The van der Waals surface area contributed by atoms with E-state index in [-0.39, 0.29) is 18.0 Å². The molecule has 0 aromatic rings. The van der Waals surface area contributed by atoms with Crippen molar-refractivity contribution in [1.82, 2.24) is 15.1 Å². The number of nitrogens with one attached hydrogen (secondary N) is 1. The number of amides is 3. The molecule has 0 aromatic heterocycles. The maximum Gasteiger partial charge on any atom is 0.317 e. The number of hydrogen-bond acceptors (Lipinski definition) is 3.